The third-order valence-corrected chi connectivity index (χ3v) is 2.86. The van der Waals surface area contributed by atoms with E-state index in [1.807, 2.05) is 0 Å². The Kier molecular flexibility index (Phi) is 3.44. The van der Waals surface area contributed by atoms with Crippen molar-refractivity contribution in [2.24, 2.45) is 0 Å². The Morgan fingerprint density at radius 1 is 1.47 bits per heavy atom. The summed E-state index contributed by atoms with van der Waals surface area (Å²) >= 11 is 8.81. The number of aromatic nitrogens is 2. The first-order valence-corrected chi connectivity index (χ1v) is 5.61. The highest BCUT2D eigenvalue weighted by Gasteiger charge is 2.10. The zero-order valence-corrected chi connectivity index (χ0v) is 10.5. The number of rotatable bonds is 2. The first-order valence-electron chi connectivity index (χ1n) is 4.44. The van der Waals surface area contributed by atoms with E-state index in [4.69, 9.17) is 16.3 Å². The second kappa shape index (κ2) is 4.85. The molecule has 1 heterocycles. The van der Waals surface area contributed by atoms with Gasteiger partial charge in [-0.05, 0) is 34.1 Å². The van der Waals surface area contributed by atoms with Crippen LogP contribution >= 0.6 is 27.5 Å². The molecule has 0 atom stereocenters. The minimum Gasteiger partial charge on any atom is -0.436 e. The number of hydrogen-bond donors (Lipinski definition) is 1. The quantitative estimate of drug-likeness (QED) is 0.925. The normalized spacial score (nSPS) is 10.3. The number of benzene rings is 1. The summed E-state index contributed by atoms with van der Waals surface area (Å²) in [5.74, 6) is -0.200. The molecule has 0 fully saturated rings. The predicted octanol–water partition coefficient (Wildman–Crippen LogP) is 3.12. The summed E-state index contributed by atoms with van der Waals surface area (Å²) in [5.41, 5.74) is -0.381. The third-order valence-electron chi connectivity index (χ3n) is 1.87. The molecule has 0 radical (unpaired) electrons. The second-order valence-corrected chi connectivity index (χ2v) is 4.23. The van der Waals surface area contributed by atoms with Crippen molar-refractivity contribution < 1.29 is 9.13 Å². The largest absolute Gasteiger partial charge is 0.436 e. The van der Waals surface area contributed by atoms with E-state index >= 15 is 0 Å². The smallest absolute Gasteiger partial charge is 0.268 e. The lowest BCUT2D eigenvalue weighted by molar-refractivity contribution is 0.455. The van der Waals surface area contributed by atoms with Gasteiger partial charge >= 0.3 is 0 Å². The average molecular weight is 320 g/mol. The molecule has 7 heteroatoms. The van der Waals surface area contributed by atoms with Gasteiger partial charge in [-0.1, -0.05) is 11.6 Å². The maximum Gasteiger partial charge on any atom is 0.268 e. The van der Waals surface area contributed by atoms with Gasteiger partial charge in [-0.25, -0.2) is 9.37 Å². The molecule has 0 spiro atoms. The molecule has 0 amide bonds. The molecule has 0 saturated heterocycles. The molecule has 0 aliphatic carbocycles. The minimum atomic E-state index is -0.472. The lowest BCUT2D eigenvalue weighted by Gasteiger charge is -2.07. The van der Waals surface area contributed by atoms with Gasteiger partial charge in [0.15, 0.2) is 0 Å². The maximum absolute atomic E-state index is 12.8. The van der Waals surface area contributed by atoms with E-state index in [1.165, 1.54) is 18.5 Å². The number of ether oxygens (including phenoxy) is 1. The van der Waals surface area contributed by atoms with Crippen LogP contribution < -0.4 is 10.3 Å². The van der Waals surface area contributed by atoms with Crippen LogP contribution in [0.3, 0.4) is 0 Å². The molecule has 1 aromatic heterocycles. The molecular weight excluding hydrogens is 314 g/mol. The fourth-order valence-electron chi connectivity index (χ4n) is 1.10. The van der Waals surface area contributed by atoms with Gasteiger partial charge in [-0.2, -0.15) is 0 Å². The zero-order valence-electron chi connectivity index (χ0n) is 8.21. The van der Waals surface area contributed by atoms with Crippen molar-refractivity contribution in [1.29, 1.82) is 0 Å². The summed E-state index contributed by atoms with van der Waals surface area (Å²) in [7, 11) is 0. The van der Waals surface area contributed by atoms with Crippen molar-refractivity contribution in [2.75, 3.05) is 0 Å². The summed E-state index contributed by atoms with van der Waals surface area (Å²) in [4.78, 5) is 17.4. The van der Waals surface area contributed by atoms with Crippen LogP contribution in [0.15, 0.2) is 33.8 Å². The summed E-state index contributed by atoms with van der Waals surface area (Å²) in [6, 6.07) is 3.66. The molecule has 88 valence electrons. The first kappa shape index (κ1) is 12.1. The molecule has 1 aromatic carbocycles. The SMILES string of the molecule is O=c1[nH]cnc(Oc2ccc(F)cc2Cl)c1Br. The first-order chi connectivity index (χ1) is 8.08. The van der Waals surface area contributed by atoms with E-state index in [0.29, 0.717) is 0 Å². The molecule has 17 heavy (non-hydrogen) atoms. The van der Waals surface area contributed by atoms with E-state index < -0.39 is 5.82 Å². The molecule has 4 nitrogen and oxygen atoms in total. The van der Waals surface area contributed by atoms with E-state index in [2.05, 4.69) is 25.9 Å². The topological polar surface area (TPSA) is 55.0 Å². The standard InChI is InChI=1S/C10H5BrClFN2O2/c11-8-9(16)14-4-15-10(8)17-7-2-1-5(13)3-6(7)12/h1-4H,(H,14,15,16). The van der Waals surface area contributed by atoms with Crippen molar-refractivity contribution in [3.63, 3.8) is 0 Å². The number of aromatic amines is 1. The monoisotopic (exact) mass is 318 g/mol. The van der Waals surface area contributed by atoms with Crippen molar-refractivity contribution in [3.8, 4) is 11.6 Å². The Balaban J connectivity index is 2.38. The Labute approximate surface area is 109 Å². The van der Waals surface area contributed by atoms with E-state index in [-0.39, 0.29) is 26.7 Å². The number of halogens is 3. The molecule has 2 rings (SSSR count). The lowest BCUT2D eigenvalue weighted by Crippen LogP contribution is -2.08. The fourth-order valence-corrected chi connectivity index (χ4v) is 1.60. The second-order valence-electron chi connectivity index (χ2n) is 3.03. The van der Waals surface area contributed by atoms with Gasteiger partial charge < -0.3 is 9.72 Å². The van der Waals surface area contributed by atoms with Gasteiger partial charge in [0, 0.05) is 0 Å². The molecule has 2 aromatic rings. The van der Waals surface area contributed by atoms with Gasteiger partial charge in [0.05, 0.1) is 11.3 Å². The Morgan fingerprint density at radius 2 is 2.24 bits per heavy atom. The van der Waals surface area contributed by atoms with Crippen LogP contribution in [0.2, 0.25) is 5.02 Å². The predicted molar refractivity (Wildman–Crippen MR) is 64.0 cm³/mol. The van der Waals surface area contributed by atoms with Crippen LogP contribution in [-0.2, 0) is 0 Å². The van der Waals surface area contributed by atoms with Crippen molar-refractivity contribution in [2.45, 2.75) is 0 Å². The molecule has 0 aliphatic heterocycles. The summed E-state index contributed by atoms with van der Waals surface area (Å²) in [6.45, 7) is 0. The number of hydrogen-bond acceptors (Lipinski definition) is 3. The number of nitrogens with zero attached hydrogens (tertiary/aromatic N) is 1. The third kappa shape index (κ3) is 2.65. The van der Waals surface area contributed by atoms with Crippen LogP contribution in [-0.4, -0.2) is 9.97 Å². The molecular formula is C10H5BrClFN2O2. The summed E-state index contributed by atoms with van der Waals surface area (Å²) < 4.78 is 18.2. The highest BCUT2D eigenvalue weighted by atomic mass is 79.9. The van der Waals surface area contributed by atoms with E-state index in [1.54, 1.807) is 0 Å². The molecule has 1 N–H and O–H groups in total. The van der Waals surface area contributed by atoms with Crippen LogP contribution in [0.4, 0.5) is 4.39 Å². The zero-order chi connectivity index (χ0) is 12.4. The van der Waals surface area contributed by atoms with Gasteiger partial charge in [0.25, 0.3) is 5.56 Å². The highest BCUT2D eigenvalue weighted by Crippen LogP contribution is 2.30. The molecule has 0 saturated carbocycles. The Bertz CT molecular complexity index is 617. The average Bonchev–Trinajstić information content (AvgIpc) is 2.28. The molecule has 0 unspecified atom stereocenters. The minimum absolute atomic E-state index is 0.0576. The van der Waals surface area contributed by atoms with Crippen molar-refractivity contribution >= 4 is 27.5 Å². The van der Waals surface area contributed by atoms with Crippen molar-refractivity contribution in [3.05, 3.63) is 50.2 Å². The van der Waals surface area contributed by atoms with Crippen LogP contribution in [0.5, 0.6) is 11.6 Å². The summed E-state index contributed by atoms with van der Waals surface area (Å²) in [6.07, 6.45) is 1.19. The van der Waals surface area contributed by atoms with Gasteiger partial charge in [-0.3, -0.25) is 4.79 Å². The fraction of sp³-hybridized carbons (Fsp3) is 0. The van der Waals surface area contributed by atoms with Crippen LogP contribution in [0.1, 0.15) is 0 Å². The lowest BCUT2D eigenvalue weighted by atomic mass is 10.3. The van der Waals surface area contributed by atoms with Gasteiger partial charge in [0.1, 0.15) is 16.0 Å². The van der Waals surface area contributed by atoms with Crippen LogP contribution in [0, 0.1) is 5.82 Å². The number of H-pyrrole nitrogens is 1. The Morgan fingerprint density at radius 3 is 2.94 bits per heavy atom. The van der Waals surface area contributed by atoms with Crippen LogP contribution in [0.25, 0.3) is 0 Å². The Hall–Kier alpha value is -1.40. The highest BCUT2D eigenvalue weighted by molar-refractivity contribution is 9.10. The molecule has 0 aliphatic rings. The van der Waals surface area contributed by atoms with Gasteiger partial charge in [-0.15, -0.1) is 0 Å². The van der Waals surface area contributed by atoms with E-state index in [9.17, 15) is 9.18 Å². The molecule has 0 bridgehead atoms. The number of nitrogens with one attached hydrogen (secondary N) is 1. The maximum atomic E-state index is 12.8. The van der Waals surface area contributed by atoms with Gasteiger partial charge in [0.2, 0.25) is 5.88 Å². The van der Waals surface area contributed by atoms with E-state index in [0.717, 1.165) is 6.07 Å². The van der Waals surface area contributed by atoms with Crippen molar-refractivity contribution in [1.82, 2.24) is 9.97 Å². The summed E-state index contributed by atoms with van der Waals surface area (Å²) in [5, 5.41) is 0.0963.